The molecule has 1 N–H and O–H groups in total. The Labute approximate surface area is 154 Å². The molecule has 0 unspecified atom stereocenters. The van der Waals surface area contributed by atoms with Crippen molar-refractivity contribution in [1.82, 2.24) is 10.3 Å². The molecule has 4 rings (SSSR count). The molecular weight excluding hydrogens is 320 g/mol. The normalized spacial score (nSPS) is 19.3. The Bertz CT molecular complexity index is 933. The van der Waals surface area contributed by atoms with Crippen molar-refractivity contribution < 1.29 is 4.79 Å². The van der Waals surface area contributed by atoms with E-state index in [2.05, 4.69) is 72.7 Å². The van der Waals surface area contributed by atoms with E-state index in [1.807, 2.05) is 12.3 Å². The van der Waals surface area contributed by atoms with Crippen molar-refractivity contribution in [3.63, 3.8) is 0 Å². The van der Waals surface area contributed by atoms with Crippen LogP contribution in [0, 0.1) is 5.92 Å². The van der Waals surface area contributed by atoms with Crippen LogP contribution in [0.4, 0.5) is 0 Å². The molecule has 1 fully saturated rings. The first-order chi connectivity index (χ1) is 12.5. The van der Waals surface area contributed by atoms with Crippen molar-refractivity contribution in [2.45, 2.75) is 31.6 Å². The van der Waals surface area contributed by atoms with Gasteiger partial charge < -0.3 is 5.32 Å². The molecule has 26 heavy (non-hydrogen) atoms. The third kappa shape index (κ3) is 3.34. The van der Waals surface area contributed by atoms with E-state index in [-0.39, 0.29) is 17.2 Å². The number of nitrogens with zero attached hydrogens (tertiary/aromatic N) is 1. The summed E-state index contributed by atoms with van der Waals surface area (Å²) in [5, 5.41) is 5.65. The smallest absolute Gasteiger partial charge is 0.223 e. The van der Waals surface area contributed by atoms with Crippen LogP contribution in [0.15, 0.2) is 67.0 Å². The van der Waals surface area contributed by atoms with Crippen LogP contribution in [0.3, 0.4) is 0 Å². The standard InChI is InChI=1S/C23H24N2O/c1-23(2,19-10-9-16-6-3-4-7-17(16)12-19)15-25-22(26)21-13-20(21)18-8-5-11-24-14-18/h3-12,14,20-21H,13,15H2,1-2H3,(H,25,26)/t20-,21+/m0/s1. The summed E-state index contributed by atoms with van der Waals surface area (Å²) >= 11 is 0. The summed E-state index contributed by atoms with van der Waals surface area (Å²) in [5.41, 5.74) is 2.30. The van der Waals surface area contributed by atoms with Crippen LogP contribution < -0.4 is 5.32 Å². The summed E-state index contributed by atoms with van der Waals surface area (Å²) in [4.78, 5) is 16.7. The summed E-state index contributed by atoms with van der Waals surface area (Å²) in [6.45, 7) is 5.01. The number of nitrogens with one attached hydrogen (secondary N) is 1. The average molecular weight is 344 g/mol. The zero-order chi connectivity index (χ0) is 18.1. The fourth-order valence-electron chi connectivity index (χ4n) is 3.60. The predicted octanol–water partition coefficient (Wildman–Crippen LogP) is 4.43. The van der Waals surface area contributed by atoms with Crippen molar-refractivity contribution in [3.8, 4) is 0 Å². The van der Waals surface area contributed by atoms with Crippen molar-refractivity contribution in [1.29, 1.82) is 0 Å². The summed E-state index contributed by atoms with van der Waals surface area (Å²) in [6.07, 6.45) is 4.57. The Morgan fingerprint density at radius 1 is 1.12 bits per heavy atom. The van der Waals surface area contributed by atoms with Gasteiger partial charge in [0.05, 0.1) is 0 Å². The molecule has 132 valence electrons. The van der Waals surface area contributed by atoms with E-state index >= 15 is 0 Å². The molecule has 0 aliphatic heterocycles. The maximum atomic E-state index is 12.5. The van der Waals surface area contributed by atoms with Gasteiger partial charge in [-0.15, -0.1) is 0 Å². The third-order valence-electron chi connectivity index (χ3n) is 5.48. The van der Waals surface area contributed by atoms with E-state index in [4.69, 9.17) is 0 Å². The van der Waals surface area contributed by atoms with Gasteiger partial charge in [-0.2, -0.15) is 0 Å². The van der Waals surface area contributed by atoms with Crippen LogP contribution in [0.25, 0.3) is 10.8 Å². The minimum Gasteiger partial charge on any atom is -0.355 e. The fourth-order valence-corrected chi connectivity index (χ4v) is 3.60. The van der Waals surface area contributed by atoms with Crippen LogP contribution in [0.1, 0.15) is 37.3 Å². The highest BCUT2D eigenvalue weighted by atomic mass is 16.2. The largest absolute Gasteiger partial charge is 0.355 e. The maximum absolute atomic E-state index is 12.5. The van der Waals surface area contributed by atoms with Gasteiger partial charge in [-0.05, 0) is 40.3 Å². The molecule has 1 aliphatic carbocycles. The van der Waals surface area contributed by atoms with Crippen LogP contribution in [-0.2, 0) is 10.2 Å². The lowest BCUT2D eigenvalue weighted by molar-refractivity contribution is -0.122. The summed E-state index contributed by atoms with van der Waals surface area (Å²) < 4.78 is 0. The summed E-state index contributed by atoms with van der Waals surface area (Å²) in [7, 11) is 0. The molecule has 2 aromatic carbocycles. The lowest BCUT2D eigenvalue weighted by atomic mass is 9.83. The molecule has 1 aliphatic rings. The van der Waals surface area contributed by atoms with E-state index < -0.39 is 0 Å². The van der Waals surface area contributed by atoms with Gasteiger partial charge in [0.15, 0.2) is 0 Å². The van der Waals surface area contributed by atoms with Gasteiger partial charge in [-0.25, -0.2) is 0 Å². The van der Waals surface area contributed by atoms with Gasteiger partial charge in [0.25, 0.3) is 0 Å². The van der Waals surface area contributed by atoms with Crippen molar-refractivity contribution >= 4 is 16.7 Å². The summed E-state index contributed by atoms with van der Waals surface area (Å²) in [6, 6.07) is 18.9. The molecule has 0 saturated heterocycles. The summed E-state index contributed by atoms with van der Waals surface area (Å²) in [5.74, 6) is 0.576. The second-order valence-electron chi connectivity index (χ2n) is 7.90. The van der Waals surface area contributed by atoms with E-state index in [1.54, 1.807) is 6.20 Å². The van der Waals surface area contributed by atoms with Crippen LogP contribution in [0.2, 0.25) is 0 Å². The molecule has 2 atom stereocenters. The Kier molecular flexibility index (Phi) is 4.23. The number of pyridine rings is 1. The fraction of sp³-hybridized carbons (Fsp3) is 0.304. The molecule has 1 heterocycles. The first kappa shape index (κ1) is 16.8. The first-order valence-corrected chi connectivity index (χ1v) is 9.21. The second-order valence-corrected chi connectivity index (χ2v) is 7.90. The third-order valence-corrected chi connectivity index (χ3v) is 5.48. The lowest BCUT2D eigenvalue weighted by Crippen LogP contribution is -2.37. The van der Waals surface area contributed by atoms with Crippen LogP contribution in [0.5, 0.6) is 0 Å². The molecule has 1 amide bonds. The average Bonchev–Trinajstić information content (AvgIpc) is 3.47. The molecule has 1 saturated carbocycles. The van der Waals surface area contributed by atoms with Gasteiger partial charge in [-0.3, -0.25) is 9.78 Å². The molecule has 3 nitrogen and oxygen atoms in total. The van der Waals surface area contributed by atoms with Gasteiger partial charge in [-0.1, -0.05) is 62.4 Å². The number of benzene rings is 2. The highest BCUT2D eigenvalue weighted by Gasteiger charge is 2.44. The molecule has 1 aromatic heterocycles. The van der Waals surface area contributed by atoms with E-state index in [9.17, 15) is 4.79 Å². The molecule has 0 radical (unpaired) electrons. The number of carbonyl (C=O) groups excluding carboxylic acids is 1. The Morgan fingerprint density at radius 3 is 2.69 bits per heavy atom. The van der Waals surface area contributed by atoms with Gasteiger partial charge in [0.1, 0.15) is 0 Å². The van der Waals surface area contributed by atoms with E-state index in [0.717, 1.165) is 6.42 Å². The zero-order valence-corrected chi connectivity index (χ0v) is 15.3. The number of amides is 1. The SMILES string of the molecule is CC(C)(CNC(=O)[C@@H]1C[C@H]1c1cccnc1)c1ccc2ccccc2c1. The molecule has 0 spiro atoms. The van der Waals surface area contributed by atoms with Crippen LogP contribution in [-0.4, -0.2) is 17.4 Å². The Morgan fingerprint density at radius 2 is 1.92 bits per heavy atom. The monoisotopic (exact) mass is 344 g/mol. The van der Waals surface area contributed by atoms with E-state index in [0.29, 0.717) is 12.5 Å². The molecule has 3 aromatic rings. The van der Waals surface area contributed by atoms with Crippen molar-refractivity contribution in [2.24, 2.45) is 5.92 Å². The quantitative estimate of drug-likeness (QED) is 0.744. The van der Waals surface area contributed by atoms with Crippen molar-refractivity contribution in [3.05, 3.63) is 78.1 Å². The number of aromatic nitrogens is 1. The first-order valence-electron chi connectivity index (χ1n) is 9.21. The molecule has 3 heteroatoms. The molecule has 0 bridgehead atoms. The number of hydrogen-bond acceptors (Lipinski definition) is 2. The highest BCUT2D eigenvalue weighted by Crippen LogP contribution is 2.47. The minimum absolute atomic E-state index is 0.0894. The Balaban J connectivity index is 1.41. The predicted molar refractivity (Wildman–Crippen MR) is 105 cm³/mol. The lowest BCUT2D eigenvalue weighted by Gasteiger charge is -2.26. The van der Waals surface area contributed by atoms with Crippen LogP contribution >= 0.6 is 0 Å². The maximum Gasteiger partial charge on any atom is 0.223 e. The van der Waals surface area contributed by atoms with Gasteiger partial charge >= 0.3 is 0 Å². The van der Waals surface area contributed by atoms with Crippen molar-refractivity contribution in [2.75, 3.05) is 6.54 Å². The minimum atomic E-state index is -0.113. The number of hydrogen-bond donors (Lipinski definition) is 1. The Hall–Kier alpha value is -2.68. The second kappa shape index (κ2) is 6.56. The van der Waals surface area contributed by atoms with Gasteiger partial charge in [0.2, 0.25) is 5.91 Å². The zero-order valence-electron chi connectivity index (χ0n) is 15.3. The highest BCUT2D eigenvalue weighted by molar-refractivity contribution is 5.84. The number of carbonyl (C=O) groups is 1. The number of fused-ring (bicyclic) bond motifs is 1. The number of rotatable bonds is 5. The molecular formula is C23H24N2O. The topological polar surface area (TPSA) is 42.0 Å². The van der Waals surface area contributed by atoms with Gasteiger partial charge in [0, 0.05) is 30.3 Å². The van der Waals surface area contributed by atoms with E-state index in [1.165, 1.54) is 21.9 Å².